The first-order valence-corrected chi connectivity index (χ1v) is 12.2. The highest BCUT2D eigenvalue weighted by atomic mass is 32.2. The van der Waals surface area contributed by atoms with E-state index in [0.717, 1.165) is 22.5 Å². The zero-order chi connectivity index (χ0) is 22.2. The Balaban J connectivity index is 1.44. The average Bonchev–Trinajstić information content (AvgIpc) is 3.45. The van der Waals surface area contributed by atoms with E-state index in [1.54, 1.807) is 22.4 Å². The topological polar surface area (TPSA) is 78.0 Å². The van der Waals surface area contributed by atoms with Crippen LogP contribution in [0.5, 0.6) is 0 Å². The first-order valence-electron chi connectivity index (χ1n) is 9.88. The molecule has 0 bridgehead atoms. The molecule has 11 heteroatoms. The van der Waals surface area contributed by atoms with Gasteiger partial charge in [-0.1, -0.05) is 12.1 Å². The van der Waals surface area contributed by atoms with Gasteiger partial charge in [-0.3, -0.25) is 9.59 Å². The number of amides is 2. The fourth-order valence-corrected chi connectivity index (χ4v) is 6.24. The van der Waals surface area contributed by atoms with Crippen LogP contribution >= 0.6 is 11.3 Å². The molecule has 1 aromatic carbocycles. The minimum absolute atomic E-state index is 0.0760. The van der Waals surface area contributed by atoms with Crippen molar-refractivity contribution in [1.29, 1.82) is 0 Å². The van der Waals surface area contributed by atoms with E-state index in [1.165, 1.54) is 16.2 Å². The van der Waals surface area contributed by atoms with Crippen molar-refractivity contribution >= 4 is 33.2 Å². The second kappa shape index (κ2) is 8.64. The summed E-state index contributed by atoms with van der Waals surface area (Å²) in [4.78, 5) is 28.5. The van der Waals surface area contributed by atoms with Gasteiger partial charge in [0, 0.05) is 32.7 Å². The molecule has 2 aliphatic heterocycles. The molecule has 0 spiro atoms. The van der Waals surface area contributed by atoms with Crippen LogP contribution in [0.4, 0.5) is 8.78 Å². The van der Waals surface area contributed by atoms with Crippen molar-refractivity contribution in [2.24, 2.45) is 0 Å². The largest absolute Gasteiger partial charge is 0.338 e. The Morgan fingerprint density at radius 3 is 2.26 bits per heavy atom. The van der Waals surface area contributed by atoms with E-state index < -0.39 is 32.6 Å². The zero-order valence-electron chi connectivity index (χ0n) is 16.5. The Bertz CT molecular complexity index is 1060. The summed E-state index contributed by atoms with van der Waals surface area (Å²) in [6.07, 6.45) is 1.27. The molecule has 2 aliphatic rings. The Morgan fingerprint density at radius 1 is 0.968 bits per heavy atom. The lowest BCUT2D eigenvalue weighted by Crippen LogP contribution is -2.55. The number of carbonyl (C=O) groups excluding carboxylic acids is 2. The molecule has 31 heavy (non-hydrogen) atoms. The highest BCUT2D eigenvalue weighted by molar-refractivity contribution is 7.89. The van der Waals surface area contributed by atoms with Crippen molar-refractivity contribution in [2.45, 2.75) is 23.8 Å². The predicted octanol–water partition coefficient (Wildman–Crippen LogP) is 2.16. The van der Waals surface area contributed by atoms with E-state index in [2.05, 4.69) is 0 Å². The number of thiophene rings is 1. The summed E-state index contributed by atoms with van der Waals surface area (Å²) >= 11 is 1.32. The van der Waals surface area contributed by atoms with E-state index in [4.69, 9.17) is 0 Å². The van der Waals surface area contributed by atoms with E-state index in [0.29, 0.717) is 24.3 Å². The van der Waals surface area contributed by atoms with Crippen LogP contribution in [-0.4, -0.2) is 73.1 Å². The van der Waals surface area contributed by atoms with Gasteiger partial charge in [-0.05, 0) is 36.4 Å². The smallest absolute Gasteiger partial charge is 0.264 e. The quantitative estimate of drug-likeness (QED) is 0.688. The molecule has 1 atom stereocenters. The summed E-state index contributed by atoms with van der Waals surface area (Å²) in [5.74, 6) is -2.70. The molecule has 0 aliphatic carbocycles. The number of carbonyl (C=O) groups is 2. The third-order valence-corrected chi connectivity index (χ3v) is 8.41. The lowest BCUT2D eigenvalue weighted by atomic mass is 10.1. The number of sulfonamides is 1. The van der Waals surface area contributed by atoms with Gasteiger partial charge in [0.05, 0.1) is 4.88 Å². The Morgan fingerprint density at radius 2 is 1.65 bits per heavy atom. The summed E-state index contributed by atoms with van der Waals surface area (Å²) in [6, 6.07) is 5.82. The van der Waals surface area contributed by atoms with Crippen molar-refractivity contribution in [2.75, 3.05) is 32.7 Å². The Kier molecular flexibility index (Phi) is 6.09. The highest BCUT2D eigenvalue weighted by Gasteiger charge is 2.40. The van der Waals surface area contributed by atoms with Gasteiger partial charge in [-0.2, -0.15) is 4.31 Å². The Labute approximate surface area is 182 Å². The van der Waals surface area contributed by atoms with Crippen LogP contribution < -0.4 is 0 Å². The van der Waals surface area contributed by atoms with Crippen LogP contribution in [0.3, 0.4) is 0 Å². The molecule has 1 aromatic heterocycles. The molecule has 2 saturated heterocycles. The number of hydrogen-bond acceptors (Lipinski definition) is 5. The fraction of sp³-hybridized carbons (Fsp3) is 0.400. The van der Waals surface area contributed by atoms with Crippen LogP contribution in [0.2, 0.25) is 0 Å². The molecule has 7 nitrogen and oxygen atoms in total. The maximum atomic E-state index is 14.0. The van der Waals surface area contributed by atoms with Gasteiger partial charge in [0.15, 0.2) is 4.90 Å². The minimum Gasteiger partial charge on any atom is -0.338 e. The van der Waals surface area contributed by atoms with E-state index >= 15 is 0 Å². The molecule has 3 heterocycles. The molecular weight excluding hydrogens is 448 g/mol. The van der Waals surface area contributed by atoms with Crippen molar-refractivity contribution in [1.82, 2.24) is 14.1 Å². The van der Waals surface area contributed by atoms with Gasteiger partial charge in [0.1, 0.15) is 17.7 Å². The lowest BCUT2D eigenvalue weighted by molar-refractivity contribution is -0.136. The average molecular weight is 470 g/mol. The van der Waals surface area contributed by atoms with Crippen LogP contribution in [0.1, 0.15) is 22.5 Å². The van der Waals surface area contributed by atoms with Gasteiger partial charge in [-0.25, -0.2) is 17.2 Å². The monoisotopic (exact) mass is 469 g/mol. The molecule has 2 aromatic rings. The van der Waals surface area contributed by atoms with Crippen molar-refractivity contribution in [3.8, 4) is 0 Å². The molecule has 0 N–H and O–H groups in total. The maximum Gasteiger partial charge on any atom is 0.264 e. The van der Waals surface area contributed by atoms with Gasteiger partial charge < -0.3 is 9.80 Å². The summed E-state index contributed by atoms with van der Waals surface area (Å²) < 4.78 is 54.4. The predicted molar refractivity (Wildman–Crippen MR) is 110 cm³/mol. The van der Waals surface area contributed by atoms with Crippen LogP contribution in [0, 0.1) is 11.6 Å². The standard InChI is InChI=1S/C20H21F2N3O4S2/c21-14-4-1-5-15(22)18(14)31(28,29)24-11-9-23(10-12-24)19(26)16-6-2-8-25(16)20(27)17-7-3-13-30-17/h1,3-5,7,13,16H,2,6,8-12H2/t16-/m0/s1. The van der Waals surface area contributed by atoms with Crippen molar-refractivity contribution in [3.63, 3.8) is 0 Å². The van der Waals surface area contributed by atoms with E-state index in [9.17, 15) is 26.8 Å². The minimum atomic E-state index is -4.36. The van der Waals surface area contributed by atoms with E-state index in [-0.39, 0.29) is 38.0 Å². The molecular formula is C20H21F2N3O4S2. The molecule has 4 rings (SSSR count). The summed E-state index contributed by atoms with van der Waals surface area (Å²) in [7, 11) is -4.36. The number of nitrogens with zero attached hydrogens (tertiary/aromatic N) is 3. The molecule has 2 amide bonds. The molecule has 2 fully saturated rings. The molecule has 166 valence electrons. The van der Waals surface area contributed by atoms with Gasteiger partial charge in [0.25, 0.3) is 5.91 Å². The number of hydrogen-bond donors (Lipinski definition) is 0. The van der Waals surface area contributed by atoms with E-state index in [1.807, 2.05) is 0 Å². The number of piperazine rings is 1. The van der Waals surface area contributed by atoms with Crippen molar-refractivity contribution < 1.29 is 26.8 Å². The maximum absolute atomic E-state index is 14.0. The molecule has 0 unspecified atom stereocenters. The second-order valence-electron chi connectivity index (χ2n) is 7.41. The van der Waals surface area contributed by atoms with Crippen LogP contribution in [-0.2, 0) is 14.8 Å². The first-order chi connectivity index (χ1) is 14.8. The number of rotatable bonds is 4. The summed E-state index contributed by atoms with van der Waals surface area (Å²) in [5.41, 5.74) is 0. The number of likely N-dealkylation sites (tertiary alicyclic amines) is 1. The second-order valence-corrected chi connectivity index (χ2v) is 10.2. The van der Waals surface area contributed by atoms with Crippen LogP contribution in [0.15, 0.2) is 40.6 Å². The van der Waals surface area contributed by atoms with Gasteiger partial charge in [-0.15, -0.1) is 11.3 Å². The first kappa shape index (κ1) is 21.8. The number of benzene rings is 1. The number of halogens is 2. The lowest BCUT2D eigenvalue weighted by Gasteiger charge is -2.36. The normalized spacial score (nSPS) is 20.3. The highest BCUT2D eigenvalue weighted by Crippen LogP contribution is 2.26. The SMILES string of the molecule is O=C([C@@H]1CCCN1C(=O)c1cccs1)N1CCN(S(=O)(=O)c2c(F)cccc2F)CC1. The Hall–Kier alpha value is -2.37. The zero-order valence-corrected chi connectivity index (χ0v) is 18.2. The van der Waals surface area contributed by atoms with Crippen molar-refractivity contribution in [3.05, 3.63) is 52.2 Å². The third-order valence-electron chi connectivity index (χ3n) is 5.60. The third kappa shape index (κ3) is 4.09. The fourth-order valence-electron chi connectivity index (χ4n) is 4.03. The van der Waals surface area contributed by atoms with Gasteiger partial charge >= 0.3 is 0 Å². The molecule has 0 saturated carbocycles. The van der Waals surface area contributed by atoms with Gasteiger partial charge in [0.2, 0.25) is 15.9 Å². The summed E-state index contributed by atoms with van der Waals surface area (Å²) in [5, 5.41) is 1.80. The van der Waals surface area contributed by atoms with Crippen LogP contribution in [0.25, 0.3) is 0 Å². The summed E-state index contributed by atoms with van der Waals surface area (Å²) in [6.45, 7) is 0.520. The molecule has 0 radical (unpaired) electrons.